The molecule has 0 amide bonds. The number of rotatable bonds is 2. The Morgan fingerprint density at radius 2 is 1.69 bits per heavy atom. The molecule has 0 saturated carbocycles. The SMILES string of the molecule is CC(C)c1on(C)c(=O)c1C(C)C. The van der Waals surface area contributed by atoms with Gasteiger partial charge in [0, 0.05) is 13.0 Å². The monoisotopic (exact) mass is 183 g/mol. The summed E-state index contributed by atoms with van der Waals surface area (Å²) in [6.07, 6.45) is 0. The molecule has 0 fully saturated rings. The first kappa shape index (κ1) is 10.1. The van der Waals surface area contributed by atoms with Crippen molar-refractivity contribution >= 4 is 0 Å². The first-order chi connectivity index (χ1) is 5.95. The van der Waals surface area contributed by atoms with E-state index in [0.717, 1.165) is 11.3 Å². The zero-order valence-corrected chi connectivity index (χ0v) is 8.92. The Kier molecular flexibility index (Phi) is 2.64. The molecule has 13 heavy (non-hydrogen) atoms. The fraction of sp³-hybridized carbons (Fsp3) is 0.700. The molecule has 0 aliphatic rings. The highest BCUT2D eigenvalue weighted by molar-refractivity contribution is 5.20. The highest BCUT2D eigenvalue weighted by atomic mass is 16.5. The largest absolute Gasteiger partial charge is 0.381 e. The first-order valence-corrected chi connectivity index (χ1v) is 4.65. The fourth-order valence-corrected chi connectivity index (χ4v) is 1.46. The van der Waals surface area contributed by atoms with Gasteiger partial charge in [-0.3, -0.25) is 4.79 Å². The van der Waals surface area contributed by atoms with Crippen molar-refractivity contribution in [2.75, 3.05) is 0 Å². The maximum atomic E-state index is 11.6. The summed E-state index contributed by atoms with van der Waals surface area (Å²) in [4.78, 5) is 11.6. The molecule has 0 aliphatic carbocycles. The van der Waals surface area contributed by atoms with E-state index in [9.17, 15) is 4.79 Å². The molecule has 1 aromatic rings. The summed E-state index contributed by atoms with van der Waals surface area (Å²) in [6, 6.07) is 0. The highest BCUT2D eigenvalue weighted by Crippen LogP contribution is 2.23. The summed E-state index contributed by atoms with van der Waals surface area (Å²) in [5.41, 5.74) is 0.816. The summed E-state index contributed by atoms with van der Waals surface area (Å²) < 4.78 is 6.68. The summed E-state index contributed by atoms with van der Waals surface area (Å²) in [7, 11) is 1.65. The van der Waals surface area contributed by atoms with Crippen LogP contribution in [0.4, 0.5) is 0 Å². The lowest BCUT2D eigenvalue weighted by Gasteiger charge is -2.04. The Morgan fingerprint density at radius 1 is 1.15 bits per heavy atom. The topological polar surface area (TPSA) is 35.1 Å². The average molecular weight is 183 g/mol. The first-order valence-electron chi connectivity index (χ1n) is 4.65. The van der Waals surface area contributed by atoms with E-state index in [2.05, 4.69) is 0 Å². The maximum absolute atomic E-state index is 11.6. The van der Waals surface area contributed by atoms with Crippen LogP contribution in [0.15, 0.2) is 9.32 Å². The molecule has 0 N–H and O–H groups in total. The minimum Gasteiger partial charge on any atom is -0.381 e. The quantitative estimate of drug-likeness (QED) is 0.704. The van der Waals surface area contributed by atoms with Crippen LogP contribution in [-0.4, -0.2) is 4.74 Å². The second-order valence-electron chi connectivity index (χ2n) is 3.98. The van der Waals surface area contributed by atoms with Crippen LogP contribution in [0.25, 0.3) is 0 Å². The van der Waals surface area contributed by atoms with Crippen LogP contribution in [-0.2, 0) is 7.05 Å². The van der Waals surface area contributed by atoms with Crippen molar-refractivity contribution in [3.63, 3.8) is 0 Å². The predicted octanol–water partition coefficient (Wildman–Crippen LogP) is 2.23. The van der Waals surface area contributed by atoms with E-state index in [1.165, 1.54) is 4.74 Å². The summed E-state index contributed by atoms with van der Waals surface area (Å²) in [6.45, 7) is 8.09. The third kappa shape index (κ3) is 1.69. The van der Waals surface area contributed by atoms with Gasteiger partial charge in [-0.05, 0) is 5.92 Å². The molecule has 0 unspecified atom stereocenters. The van der Waals surface area contributed by atoms with Crippen molar-refractivity contribution in [3.8, 4) is 0 Å². The molecule has 3 heteroatoms. The van der Waals surface area contributed by atoms with Gasteiger partial charge in [-0.1, -0.05) is 27.7 Å². The molecule has 1 heterocycles. The molecule has 0 saturated heterocycles. The van der Waals surface area contributed by atoms with Gasteiger partial charge in [0.15, 0.2) is 0 Å². The second-order valence-corrected chi connectivity index (χ2v) is 3.98. The number of aromatic nitrogens is 1. The number of aryl methyl sites for hydroxylation is 1. The molecule has 0 radical (unpaired) electrons. The third-order valence-corrected chi connectivity index (χ3v) is 2.12. The van der Waals surface area contributed by atoms with Gasteiger partial charge >= 0.3 is 0 Å². The third-order valence-electron chi connectivity index (χ3n) is 2.12. The Morgan fingerprint density at radius 3 is 2.00 bits per heavy atom. The number of hydrogen-bond acceptors (Lipinski definition) is 2. The van der Waals surface area contributed by atoms with Crippen LogP contribution in [0.1, 0.15) is 50.9 Å². The summed E-state index contributed by atoms with van der Waals surface area (Å²) in [5, 5.41) is 0. The van der Waals surface area contributed by atoms with Crippen molar-refractivity contribution in [1.29, 1.82) is 0 Å². The Hall–Kier alpha value is -0.990. The van der Waals surface area contributed by atoms with Crippen molar-refractivity contribution in [2.45, 2.75) is 39.5 Å². The molecule has 0 aromatic carbocycles. The van der Waals surface area contributed by atoms with Crippen molar-refractivity contribution in [3.05, 3.63) is 21.7 Å². The van der Waals surface area contributed by atoms with Gasteiger partial charge in [0.2, 0.25) is 0 Å². The van der Waals surface area contributed by atoms with Gasteiger partial charge < -0.3 is 4.52 Å². The van der Waals surface area contributed by atoms with Crippen molar-refractivity contribution in [1.82, 2.24) is 4.74 Å². The molecule has 1 rings (SSSR count). The van der Waals surface area contributed by atoms with Crippen LogP contribution in [0.3, 0.4) is 0 Å². The molecule has 0 spiro atoms. The van der Waals surface area contributed by atoms with E-state index >= 15 is 0 Å². The molecule has 0 bridgehead atoms. The van der Waals surface area contributed by atoms with Gasteiger partial charge in [0.1, 0.15) is 5.76 Å². The average Bonchev–Trinajstić information content (AvgIpc) is 2.28. The minimum absolute atomic E-state index is 0.00120. The van der Waals surface area contributed by atoms with Crippen LogP contribution >= 0.6 is 0 Å². The maximum Gasteiger partial charge on any atom is 0.285 e. The zero-order valence-electron chi connectivity index (χ0n) is 8.92. The molecular weight excluding hydrogens is 166 g/mol. The van der Waals surface area contributed by atoms with Gasteiger partial charge in [0.05, 0.1) is 5.56 Å². The Balaban J connectivity index is 3.36. The van der Waals surface area contributed by atoms with Crippen LogP contribution in [0.2, 0.25) is 0 Å². The van der Waals surface area contributed by atoms with Crippen LogP contribution in [0.5, 0.6) is 0 Å². The normalized spacial score (nSPS) is 11.6. The molecule has 0 aliphatic heterocycles. The lowest BCUT2D eigenvalue weighted by atomic mass is 9.99. The van der Waals surface area contributed by atoms with E-state index in [4.69, 9.17) is 4.52 Å². The molecule has 74 valence electrons. The lowest BCUT2D eigenvalue weighted by Crippen LogP contribution is -2.15. The second kappa shape index (κ2) is 3.40. The Labute approximate surface area is 78.3 Å². The summed E-state index contributed by atoms with van der Waals surface area (Å²) in [5.74, 6) is 1.32. The fourth-order valence-electron chi connectivity index (χ4n) is 1.46. The molecule has 1 aromatic heterocycles. The van der Waals surface area contributed by atoms with E-state index in [1.54, 1.807) is 7.05 Å². The molecular formula is C10H17NO2. The van der Waals surface area contributed by atoms with Gasteiger partial charge in [0.25, 0.3) is 5.56 Å². The predicted molar refractivity (Wildman–Crippen MR) is 52.1 cm³/mol. The number of hydrogen-bond donors (Lipinski definition) is 0. The highest BCUT2D eigenvalue weighted by Gasteiger charge is 2.20. The minimum atomic E-state index is -0.00120. The van der Waals surface area contributed by atoms with E-state index in [0.29, 0.717) is 0 Å². The van der Waals surface area contributed by atoms with Gasteiger partial charge in [-0.2, -0.15) is 4.74 Å². The Bertz CT molecular complexity index is 344. The molecule has 0 atom stereocenters. The lowest BCUT2D eigenvalue weighted by molar-refractivity contribution is 0.268. The van der Waals surface area contributed by atoms with Crippen molar-refractivity contribution in [2.24, 2.45) is 7.05 Å². The smallest absolute Gasteiger partial charge is 0.285 e. The zero-order chi connectivity index (χ0) is 10.2. The van der Waals surface area contributed by atoms with Crippen LogP contribution in [0, 0.1) is 0 Å². The van der Waals surface area contributed by atoms with E-state index in [1.807, 2.05) is 27.7 Å². The van der Waals surface area contributed by atoms with E-state index < -0.39 is 0 Å². The molecule has 3 nitrogen and oxygen atoms in total. The van der Waals surface area contributed by atoms with Gasteiger partial charge in [-0.15, -0.1) is 0 Å². The van der Waals surface area contributed by atoms with Crippen LogP contribution < -0.4 is 5.56 Å². The summed E-state index contributed by atoms with van der Waals surface area (Å²) >= 11 is 0. The van der Waals surface area contributed by atoms with E-state index in [-0.39, 0.29) is 17.4 Å². The van der Waals surface area contributed by atoms with Crippen molar-refractivity contribution < 1.29 is 4.52 Å². The van der Waals surface area contributed by atoms with Gasteiger partial charge in [-0.25, -0.2) is 0 Å². The number of nitrogens with zero attached hydrogens (tertiary/aromatic N) is 1. The standard InChI is InChI=1S/C10H17NO2/c1-6(2)8-9(7(3)4)13-11(5)10(8)12/h6-7H,1-5H3.